The number of nitrogens with zero attached hydrogens (tertiary/aromatic N) is 2. The topological polar surface area (TPSA) is 39.1 Å². The van der Waals surface area contributed by atoms with Crippen LogP contribution in [0.3, 0.4) is 0 Å². The van der Waals surface area contributed by atoms with E-state index in [9.17, 15) is 0 Å². The molecule has 1 heterocycles. The van der Waals surface area contributed by atoms with E-state index in [2.05, 4.69) is 41.8 Å². The lowest BCUT2D eigenvalue weighted by Crippen LogP contribution is -2.18. The third-order valence-corrected chi connectivity index (χ3v) is 3.36. The molecule has 0 bridgehead atoms. The molecular formula is C14H27N3O. The Labute approximate surface area is 111 Å². The maximum Gasteiger partial charge on any atom is 0.203 e. The Hall–Kier alpha value is -1.03. The van der Waals surface area contributed by atoms with Gasteiger partial charge in [0.05, 0.1) is 5.69 Å². The smallest absolute Gasteiger partial charge is 0.203 e. The summed E-state index contributed by atoms with van der Waals surface area (Å²) in [7, 11) is 1.74. The molecule has 0 aliphatic heterocycles. The second kappa shape index (κ2) is 7.41. The van der Waals surface area contributed by atoms with Crippen molar-refractivity contribution >= 4 is 5.95 Å². The fourth-order valence-corrected chi connectivity index (χ4v) is 1.73. The van der Waals surface area contributed by atoms with E-state index < -0.39 is 0 Å². The van der Waals surface area contributed by atoms with Gasteiger partial charge in [-0.3, -0.25) is 0 Å². The lowest BCUT2D eigenvalue weighted by atomic mass is 9.98. The quantitative estimate of drug-likeness (QED) is 0.724. The van der Waals surface area contributed by atoms with Crippen molar-refractivity contribution in [1.82, 2.24) is 9.55 Å². The lowest BCUT2D eigenvalue weighted by molar-refractivity contribution is 0.190. The Kier molecular flexibility index (Phi) is 6.19. The molecule has 0 aliphatic carbocycles. The van der Waals surface area contributed by atoms with Gasteiger partial charge in [-0.25, -0.2) is 4.98 Å². The molecule has 0 saturated carbocycles. The summed E-state index contributed by atoms with van der Waals surface area (Å²) in [6.07, 6.45) is 3.11. The van der Waals surface area contributed by atoms with Crippen LogP contribution in [0.25, 0.3) is 0 Å². The molecule has 0 aliphatic rings. The molecule has 4 heteroatoms. The van der Waals surface area contributed by atoms with Gasteiger partial charge in [-0.05, 0) is 25.2 Å². The van der Waals surface area contributed by atoms with Gasteiger partial charge in [-0.15, -0.1) is 0 Å². The third kappa shape index (κ3) is 4.69. The van der Waals surface area contributed by atoms with Gasteiger partial charge in [0.25, 0.3) is 0 Å². The maximum atomic E-state index is 5.09. The van der Waals surface area contributed by atoms with E-state index in [1.54, 1.807) is 7.11 Å². The highest BCUT2D eigenvalue weighted by atomic mass is 16.5. The lowest BCUT2D eigenvalue weighted by Gasteiger charge is -2.17. The molecule has 1 atom stereocenters. The van der Waals surface area contributed by atoms with Crippen LogP contribution in [0.15, 0.2) is 6.20 Å². The summed E-state index contributed by atoms with van der Waals surface area (Å²) in [5, 5.41) is 3.45. The molecule has 4 nitrogen and oxygen atoms in total. The van der Waals surface area contributed by atoms with Crippen LogP contribution in [-0.2, 0) is 11.3 Å². The van der Waals surface area contributed by atoms with E-state index >= 15 is 0 Å². The molecule has 18 heavy (non-hydrogen) atoms. The number of anilines is 1. The van der Waals surface area contributed by atoms with Crippen molar-refractivity contribution in [2.45, 2.75) is 40.7 Å². The van der Waals surface area contributed by atoms with E-state index in [-0.39, 0.29) is 0 Å². The first-order valence-electron chi connectivity index (χ1n) is 6.81. The van der Waals surface area contributed by atoms with Gasteiger partial charge in [0, 0.05) is 33.0 Å². The van der Waals surface area contributed by atoms with E-state index in [0.717, 1.165) is 37.8 Å². The summed E-state index contributed by atoms with van der Waals surface area (Å²) in [6.45, 7) is 11.5. The molecule has 1 rings (SSSR count). The molecular weight excluding hydrogens is 226 g/mol. The van der Waals surface area contributed by atoms with Crippen LogP contribution in [0.2, 0.25) is 0 Å². The van der Waals surface area contributed by atoms with Gasteiger partial charge in [0.2, 0.25) is 5.95 Å². The van der Waals surface area contributed by atoms with Crippen molar-refractivity contribution < 1.29 is 4.74 Å². The molecule has 1 unspecified atom stereocenters. The number of methoxy groups -OCH3 is 1. The first-order valence-corrected chi connectivity index (χ1v) is 6.81. The fourth-order valence-electron chi connectivity index (χ4n) is 1.73. The number of aromatic nitrogens is 2. The van der Waals surface area contributed by atoms with Crippen LogP contribution < -0.4 is 5.32 Å². The van der Waals surface area contributed by atoms with E-state index in [1.807, 2.05) is 6.92 Å². The first kappa shape index (κ1) is 15.0. The fraction of sp³-hybridized carbons (Fsp3) is 0.786. The third-order valence-electron chi connectivity index (χ3n) is 3.36. The van der Waals surface area contributed by atoms with E-state index in [1.165, 1.54) is 0 Å². The number of aryl methyl sites for hydroxylation is 2. The maximum absolute atomic E-state index is 5.09. The molecule has 0 aromatic carbocycles. The van der Waals surface area contributed by atoms with Crippen molar-refractivity contribution in [3.05, 3.63) is 11.9 Å². The Morgan fingerprint density at radius 3 is 2.72 bits per heavy atom. The zero-order valence-corrected chi connectivity index (χ0v) is 12.4. The highest BCUT2D eigenvalue weighted by Gasteiger charge is 2.09. The SMILES string of the molecule is COCCCn1cc(C)nc1NCC(C)C(C)C. The summed E-state index contributed by atoms with van der Waals surface area (Å²) >= 11 is 0. The van der Waals surface area contributed by atoms with Gasteiger partial charge in [0.1, 0.15) is 0 Å². The van der Waals surface area contributed by atoms with Crippen LogP contribution in [0.5, 0.6) is 0 Å². The average molecular weight is 253 g/mol. The zero-order valence-electron chi connectivity index (χ0n) is 12.4. The summed E-state index contributed by atoms with van der Waals surface area (Å²) in [6, 6.07) is 0. The molecule has 1 N–H and O–H groups in total. The van der Waals surface area contributed by atoms with Gasteiger partial charge >= 0.3 is 0 Å². The normalized spacial score (nSPS) is 13.0. The van der Waals surface area contributed by atoms with Crippen LogP contribution in [-0.4, -0.2) is 29.8 Å². The van der Waals surface area contributed by atoms with Gasteiger partial charge in [-0.1, -0.05) is 20.8 Å². The summed E-state index contributed by atoms with van der Waals surface area (Å²) in [5.74, 6) is 2.32. The highest BCUT2D eigenvalue weighted by molar-refractivity contribution is 5.28. The Morgan fingerprint density at radius 1 is 1.39 bits per heavy atom. The number of imidazole rings is 1. The van der Waals surface area contributed by atoms with Gasteiger partial charge in [0.15, 0.2) is 0 Å². The number of hydrogen-bond donors (Lipinski definition) is 1. The van der Waals surface area contributed by atoms with Crippen molar-refractivity contribution in [3.63, 3.8) is 0 Å². The number of rotatable bonds is 8. The monoisotopic (exact) mass is 253 g/mol. The summed E-state index contributed by atoms with van der Waals surface area (Å²) in [4.78, 5) is 4.53. The van der Waals surface area contributed by atoms with E-state index in [4.69, 9.17) is 4.74 Å². The molecule has 0 radical (unpaired) electrons. The highest BCUT2D eigenvalue weighted by Crippen LogP contribution is 2.13. The minimum atomic E-state index is 0.648. The van der Waals surface area contributed by atoms with Gasteiger partial charge < -0.3 is 14.6 Å². The summed E-state index contributed by atoms with van der Waals surface area (Å²) < 4.78 is 7.27. The molecule has 1 aromatic heterocycles. The Morgan fingerprint density at radius 2 is 2.11 bits per heavy atom. The average Bonchev–Trinajstić information content (AvgIpc) is 2.67. The second-order valence-electron chi connectivity index (χ2n) is 5.35. The van der Waals surface area contributed by atoms with Crippen LogP contribution in [0.1, 0.15) is 32.9 Å². The van der Waals surface area contributed by atoms with Crippen molar-refractivity contribution in [3.8, 4) is 0 Å². The van der Waals surface area contributed by atoms with Crippen LogP contribution in [0.4, 0.5) is 5.95 Å². The first-order chi connectivity index (χ1) is 8.54. The predicted octanol–water partition coefficient (Wildman–Crippen LogP) is 2.93. The van der Waals surface area contributed by atoms with Crippen molar-refractivity contribution in [2.75, 3.05) is 25.6 Å². The Balaban J connectivity index is 2.53. The van der Waals surface area contributed by atoms with Crippen molar-refractivity contribution in [2.24, 2.45) is 11.8 Å². The van der Waals surface area contributed by atoms with Crippen LogP contribution >= 0.6 is 0 Å². The zero-order chi connectivity index (χ0) is 13.5. The molecule has 0 saturated heterocycles. The molecule has 0 fully saturated rings. The standard InChI is InChI=1S/C14H27N3O/c1-11(2)12(3)9-15-14-16-13(4)10-17(14)7-6-8-18-5/h10-12H,6-9H2,1-5H3,(H,15,16). The second-order valence-corrected chi connectivity index (χ2v) is 5.35. The minimum absolute atomic E-state index is 0.648. The number of ether oxygens (including phenoxy) is 1. The largest absolute Gasteiger partial charge is 0.385 e. The van der Waals surface area contributed by atoms with E-state index in [0.29, 0.717) is 11.8 Å². The van der Waals surface area contributed by atoms with Crippen LogP contribution in [0, 0.1) is 18.8 Å². The molecule has 0 amide bonds. The molecule has 104 valence electrons. The number of nitrogens with one attached hydrogen (secondary N) is 1. The molecule has 0 spiro atoms. The van der Waals surface area contributed by atoms with Gasteiger partial charge in [-0.2, -0.15) is 0 Å². The Bertz CT molecular complexity index is 347. The summed E-state index contributed by atoms with van der Waals surface area (Å²) in [5.41, 5.74) is 1.06. The van der Waals surface area contributed by atoms with Crippen molar-refractivity contribution in [1.29, 1.82) is 0 Å². The predicted molar refractivity (Wildman–Crippen MR) is 75.9 cm³/mol. The minimum Gasteiger partial charge on any atom is -0.385 e. The molecule has 1 aromatic rings. The number of hydrogen-bond acceptors (Lipinski definition) is 3.